The molecule has 0 N–H and O–H groups in total. The minimum Gasteiger partial charge on any atom is -0.490 e. The Kier molecular flexibility index (Phi) is 5.33. The van der Waals surface area contributed by atoms with Crippen molar-refractivity contribution in [3.8, 4) is 11.5 Å². The Morgan fingerprint density at radius 2 is 1.94 bits per heavy atom. The summed E-state index contributed by atoms with van der Waals surface area (Å²) in [5, 5.41) is 0. The summed E-state index contributed by atoms with van der Waals surface area (Å²) in [4.78, 5) is 11.3. The van der Waals surface area contributed by atoms with E-state index in [4.69, 9.17) is 9.47 Å². The predicted molar refractivity (Wildman–Crippen MR) is 64.3 cm³/mol. The fraction of sp³-hybridized carbons (Fsp3) is 0.462. The van der Waals surface area contributed by atoms with Crippen LogP contribution >= 0.6 is 0 Å². The molecular formula is C13H18O4. The van der Waals surface area contributed by atoms with E-state index in [1.54, 1.807) is 13.0 Å². The molecule has 1 rings (SSSR count). The van der Waals surface area contributed by atoms with Gasteiger partial charge in [-0.2, -0.15) is 0 Å². The molecule has 1 aromatic carbocycles. The molecule has 0 aliphatic heterocycles. The highest BCUT2D eigenvalue weighted by Gasteiger charge is 2.16. The number of hydrogen-bond donors (Lipinski definition) is 0. The topological polar surface area (TPSA) is 44.8 Å². The minimum absolute atomic E-state index is 0.407. The summed E-state index contributed by atoms with van der Waals surface area (Å²) in [6.07, 6.45) is 0.271. The Morgan fingerprint density at radius 1 is 1.29 bits per heavy atom. The molecule has 0 bridgehead atoms. The molecule has 1 aromatic rings. The van der Waals surface area contributed by atoms with Gasteiger partial charge in [-0.05, 0) is 25.5 Å². The van der Waals surface area contributed by atoms with Crippen molar-refractivity contribution in [2.45, 2.75) is 26.4 Å². The summed E-state index contributed by atoms with van der Waals surface area (Å²) < 4.78 is 15.6. The van der Waals surface area contributed by atoms with E-state index in [2.05, 4.69) is 4.74 Å². The van der Waals surface area contributed by atoms with E-state index in [0.29, 0.717) is 18.1 Å². The van der Waals surface area contributed by atoms with Crippen LogP contribution in [0.5, 0.6) is 11.5 Å². The molecule has 0 saturated carbocycles. The maximum absolute atomic E-state index is 11.3. The highest BCUT2D eigenvalue weighted by molar-refractivity contribution is 5.74. The van der Waals surface area contributed by atoms with Gasteiger partial charge in [0.05, 0.1) is 13.7 Å². The van der Waals surface area contributed by atoms with Crippen LogP contribution in [0.1, 0.15) is 20.3 Å². The van der Waals surface area contributed by atoms with Crippen molar-refractivity contribution < 1.29 is 19.0 Å². The Hall–Kier alpha value is -1.71. The lowest BCUT2D eigenvalue weighted by molar-refractivity contribution is -0.147. The summed E-state index contributed by atoms with van der Waals surface area (Å²) in [6.45, 7) is 4.29. The second-order valence-corrected chi connectivity index (χ2v) is 3.58. The summed E-state index contributed by atoms with van der Waals surface area (Å²) in [6, 6.07) is 7.28. The van der Waals surface area contributed by atoms with E-state index in [1.165, 1.54) is 7.11 Å². The normalized spacial score (nSPS) is 11.7. The van der Waals surface area contributed by atoms with Gasteiger partial charge in [0.2, 0.25) is 0 Å². The lowest BCUT2D eigenvalue weighted by Crippen LogP contribution is -2.25. The van der Waals surface area contributed by atoms with Crippen molar-refractivity contribution in [2.75, 3.05) is 13.7 Å². The number of ether oxygens (including phenoxy) is 3. The average Bonchev–Trinajstić information content (AvgIpc) is 2.36. The summed E-state index contributed by atoms with van der Waals surface area (Å²) in [5.74, 6) is 0.791. The zero-order valence-electron chi connectivity index (χ0n) is 10.4. The monoisotopic (exact) mass is 238 g/mol. The van der Waals surface area contributed by atoms with E-state index < -0.39 is 12.1 Å². The van der Waals surface area contributed by atoms with Gasteiger partial charge in [-0.3, -0.25) is 0 Å². The first-order valence-corrected chi connectivity index (χ1v) is 5.65. The molecule has 0 aliphatic rings. The lowest BCUT2D eigenvalue weighted by atomic mass is 10.3. The Balaban J connectivity index is 2.72. The highest BCUT2D eigenvalue weighted by Crippen LogP contribution is 2.27. The maximum atomic E-state index is 11.3. The van der Waals surface area contributed by atoms with Gasteiger partial charge in [0.25, 0.3) is 0 Å². The quantitative estimate of drug-likeness (QED) is 0.714. The van der Waals surface area contributed by atoms with Crippen molar-refractivity contribution in [3.63, 3.8) is 0 Å². The lowest BCUT2D eigenvalue weighted by Gasteiger charge is -2.15. The molecule has 0 aliphatic carbocycles. The Labute approximate surface area is 101 Å². The van der Waals surface area contributed by atoms with Crippen LogP contribution in [-0.2, 0) is 9.53 Å². The van der Waals surface area contributed by atoms with Crippen molar-refractivity contribution >= 4 is 5.97 Å². The van der Waals surface area contributed by atoms with Gasteiger partial charge >= 0.3 is 5.97 Å². The maximum Gasteiger partial charge on any atom is 0.346 e. The predicted octanol–water partition coefficient (Wildman–Crippen LogP) is 2.42. The third-order valence-electron chi connectivity index (χ3n) is 2.15. The number of carbonyl (C=O) groups is 1. The second-order valence-electron chi connectivity index (χ2n) is 3.58. The number of methoxy groups -OCH3 is 1. The standard InChI is InChI=1S/C13H18O4/c1-4-9-16-11-7-5-6-8-12(11)17-10(2)13(14)15-3/h5-8,10H,4,9H2,1-3H3/t10-/m1/s1. The molecular weight excluding hydrogens is 220 g/mol. The summed E-state index contributed by atoms with van der Waals surface area (Å²) in [7, 11) is 1.34. The molecule has 0 heterocycles. The molecule has 0 radical (unpaired) electrons. The molecule has 4 nitrogen and oxygen atoms in total. The van der Waals surface area contributed by atoms with Crippen LogP contribution in [0.2, 0.25) is 0 Å². The Bertz CT molecular complexity index is 362. The number of benzene rings is 1. The first kappa shape index (κ1) is 13.4. The van der Waals surface area contributed by atoms with Crippen LogP contribution in [0.4, 0.5) is 0 Å². The van der Waals surface area contributed by atoms with E-state index in [-0.39, 0.29) is 0 Å². The molecule has 0 amide bonds. The van der Waals surface area contributed by atoms with Gasteiger partial charge in [0, 0.05) is 0 Å². The van der Waals surface area contributed by atoms with Crippen LogP contribution in [0.3, 0.4) is 0 Å². The van der Waals surface area contributed by atoms with E-state index in [0.717, 1.165) is 6.42 Å². The van der Waals surface area contributed by atoms with Gasteiger partial charge in [-0.1, -0.05) is 19.1 Å². The first-order valence-electron chi connectivity index (χ1n) is 5.65. The molecule has 94 valence electrons. The minimum atomic E-state index is -0.647. The van der Waals surface area contributed by atoms with Gasteiger partial charge in [0.15, 0.2) is 17.6 Å². The third kappa shape index (κ3) is 3.98. The van der Waals surface area contributed by atoms with Crippen LogP contribution < -0.4 is 9.47 Å². The SMILES string of the molecule is CCCOc1ccccc1O[C@H](C)C(=O)OC. The molecule has 4 heteroatoms. The molecule has 0 saturated heterocycles. The zero-order valence-corrected chi connectivity index (χ0v) is 10.4. The highest BCUT2D eigenvalue weighted by atomic mass is 16.6. The van der Waals surface area contributed by atoms with Gasteiger partial charge in [-0.25, -0.2) is 4.79 Å². The third-order valence-corrected chi connectivity index (χ3v) is 2.15. The molecule has 0 spiro atoms. The van der Waals surface area contributed by atoms with Crippen molar-refractivity contribution in [1.82, 2.24) is 0 Å². The van der Waals surface area contributed by atoms with Crippen LogP contribution in [-0.4, -0.2) is 25.8 Å². The fourth-order valence-corrected chi connectivity index (χ4v) is 1.28. The van der Waals surface area contributed by atoms with Crippen LogP contribution in [0.15, 0.2) is 24.3 Å². The molecule has 1 atom stereocenters. The van der Waals surface area contributed by atoms with Crippen molar-refractivity contribution in [2.24, 2.45) is 0 Å². The van der Waals surface area contributed by atoms with Crippen molar-refractivity contribution in [3.05, 3.63) is 24.3 Å². The molecule has 0 unspecified atom stereocenters. The summed E-state index contributed by atoms with van der Waals surface area (Å²) >= 11 is 0. The largest absolute Gasteiger partial charge is 0.490 e. The number of rotatable bonds is 6. The van der Waals surface area contributed by atoms with Crippen LogP contribution in [0.25, 0.3) is 0 Å². The van der Waals surface area contributed by atoms with E-state index >= 15 is 0 Å². The first-order chi connectivity index (χ1) is 8.19. The fourth-order valence-electron chi connectivity index (χ4n) is 1.28. The van der Waals surface area contributed by atoms with Crippen molar-refractivity contribution in [1.29, 1.82) is 0 Å². The molecule has 0 aromatic heterocycles. The van der Waals surface area contributed by atoms with E-state index in [9.17, 15) is 4.79 Å². The van der Waals surface area contributed by atoms with Gasteiger partial charge in [0.1, 0.15) is 0 Å². The van der Waals surface area contributed by atoms with Crippen LogP contribution in [0, 0.1) is 0 Å². The number of hydrogen-bond acceptors (Lipinski definition) is 4. The number of para-hydroxylation sites is 2. The molecule has 17 heavy (non-hydrogen) atoms. The van der Waals surface area contributed by atoms with Gasteiger partial charge < -0.3 is 14.2 Å². The second kappa shape index (κ2) is 6.78. The zero-order chi connectivity index (χ0) is 12.7. The number of carbonyl (C=O) groups excluding carboxylic acids is 1. The number of esters is 1. The summed E-state index contributed by atoms with van der Waals surface area (Å²) in [5.41, 5.74) is 0. The van der Waals surface area contributed by atoms with E-state index in [1.807, 2.05) is 25.1 Å². The molecule has 0 fully saturated rings. The smallest absolute Gasteiger partial charge is 0.346 e. The average molecular weight is 238 g/mol. The van der Waals surface area contributed by atoms with Gasteiger partial charge in [-0.15, -0.1) is 0 Å². The Morgan fingerprint density at radius 3 is 2.53 bits per heavy atom.